The van der Waals surface area contributed by atoms with Crippen LogP contribution in [0, 0.1) is 0 Å². The second-order valence-electron chi connectivity index (χ2n) is 3.13. The standard InChI is InChI=1S/C10H12O2S/c1-2-12-10(11)9-6-7-4-3-5-8(7)13-9/h6H,2-5H2,1H3. The summed E-state index contributed by atoms with van der Waals surface area (Å²) in [6, 6.07) is 1.99. The van der Waals surface area contributed by atoms with E-state index in [0.717, 1.165) is 17.7 Å². The summed E-state index contributed by atoms with van der Waals surface area (Å²) >= 11 is 1.60. The molecule has 1 heterocycles. The summed E-state index contributed by atoms with van der Waals surface area (Å²) in [7, 11) is 0. The first kappa shape index (κ1) is 8.75. The molecule has 2 rings (SSSR count). The van der Waals surface area contributed by atoms with Crippen LogP contribution in [0.3, 0.4) is 0 Å². The van der Waals surface area contributed by atoms with E-state index in [4.69, 9.17) is 4.74 Å². The minimum absolute atomic E-state index is 0.165. The Balaban J connectivity index is 2.18. The van der Waals surface area contributed by atoms with Crippen LogP contribution in [0.15, 0.2) is 6.07 Å². The first-order chi connectivity index (χ1) is 6.31. The molecule has 0 bridgehead atoms. The van der Waals surface area contributed by atoms with Crippen LogP contribution in [0.25, 0.3) is 0 Å². The number of thiophene rings is 1. The number of aryl methyl sites for hydroxylation is 2. The van der Waals surface area contributed by atoms with Crippen molar-refractivity contribution < 1.29 is 9.53 Å². The summed E-state index contributed by atoms with van der Waals surface area (Å²) < 4.78 is 4.94. The van der Waals surface area contributed by atoms with Crippen molar-refractivity contribution in [3.63, 3.8) is 0 Å². The number of fused-ring (bicyclic) bond motifs is 1. The molecule has 0 aliphatic heterocycles. The SMILES string of the molecule is CCOC(=O)c1cc2c(s1)CCC2. The van der Waals surface area contributed by atoms with Gasteiger partial charge in [-0.25, -0.2) is 4.79 Å². The molecule has 0 fully saturated rings. The fourth-order valence-electron chi connectivity index (χ4n) is 1.63. The Kier molecular flexibility index (Phi) is 2.36. The molecule has 1 aromatic rings. The van der Waals surface area contributed by atoms with Gasteiger partial charge in [-0.1, -0.05) is 0 Å². The lowest BCUT2D eigenvalue weighted by atomic mass is 10.2. The predicted octanol–water partition coefficient (Wildman–Crippen LogP) is 2.41. The molecule has 0 saturated carbocycles. The predicted molar refractivity (Wildman–Crippen MR) is 52.3 cm³/mol. The van der Waals surface area contributed by atoms with E-state index >= 15 is 0 Å². The first-order valence-corrected chi connectivity index (χ1v) is 5.41. The van der Waals surface area contributed by atoms with Crippen molar-refractivity contribution >= 4 is 17.3 Å². The molecule has 0 amide bonds. The maximum absolute atomic E-state index is 11.3. The van der Waals surface area contributed by atoms with Crippen molar-refractivity contribution in [1.29, 1.82) is 0 Å². The molecular weight excluding hydrogens is 184 g/mol. The first-order valence-electron chi connectivity index (χ1n) is 4.60. The van der Waals surface area contributed by atoms with Gasteiger partial charge >= 0.3 is 5.97 Å². The fourth-order valence-corrected chi connectivity index (χ4v) is 2.78. The molecule has 1 aromatic heterocycles. The molecule has 1 aliphatic rings. The van der Waals surface area contributed by atoms with Gasteiger partial charge in [0.1, 0.15) is 4.88 Å². The highest BCUT2D eigenvalue weighted by Crippen LogP contribution is 2.30. The van der Waals surface area contributed by atoms with Crippen molar-refractivity contribution in [2.75, 3.05) is 6.61 Å². The minimum Gasteiger partial charge on any atom is -0.462 e. The zero-order valence-corrected chi connectivity index (χ0v) is 8.45. The summed E-state index contributed by atoms with van der Waals surface area (Å²) in [5.74, 6) is -0.165. The Morgan fingerprint density at radius 2 is 2.46 bits per heavy atom. The number of rotatable bonds is 2. The molecule has 0 atom stereocenters. The zero-order valence-electron chi connectivity index (χ0n) is 7.63. The van der Waals surface area contributed by atoms with Gasteiger partial charge in [0, 0.05) is 4.88 Å². The van der Waals surface area contributed by atoms with Crippen molar-refractivity contribution in [1.82, 2.24) is 0 Å². The van der Waals surface area contributed by atoms with Crippen LogP contribution in [-0.4, -0.2) is 12.6 Å². The zero-order chi connectivity index (χ0) is 9.26. The monoisotopic (exact) mass is 196 g/mol. The third kappa shape index (κ3) is 1.61. The highest BCUT2D eigenvalue weighted by Gasteiger charge is 2.18. The highest BCUT2D eigenvalue weighted by molar-refractivity contribution is 7.14. The number of carbonyl (C=O) groups is 1. The third-order valence-corrected chi connectivity index (χ3v) is 3.44. The summed E-state index contributed by atoms with van der Waals surface area (Å²) in [5.41, 5.74) is 1.35. The van der Waals surface area contributed by atoms with E-state index in [9.17, 15) is 4.79 Å². The molecule has 13 heavy (non-hydrogen) atoms. The molecule has 0 unspecified atom stereocenters. The molecule has 0 aromatic carbocycles. The molecule has 3 heteroatoms. The van der Waals surface area contributed by atoms with E-state index in [1.807, 2.05) is 13.0 Å². The van der Waals surface area contributed by atoms with Crippen molar-refractivity contribution in [2.24, 2.45) is 0 Å². The lowest BCUT2D eigenvalue weighted by molar-refractivity contribution is 0.0532. The Morgan fingerprint density at radius 3 is 3.15 bits per heavy atom. The molecule has 0 spiro atoms. The van der Waals surface area contributed by atoms with Gasteiger partial charge in [-0.15, -0.1) is 11.3 Å². The maximum atomic E-state index is 11.3. The molecule has 70 valence electrons. The topological polar surface area (TPSA) is 26.3 Å². The summed E-state index contributed by atoms with van der Waals surface area (Å²) in [6.45, 7) is 2.29. The molecule has 0 N–H and O–H groups in total. The Hall–Kier alpha value is -0.830. The van der Waals surface area contributed by atoms with Crippen LogP contribution >= 0.6 is 11.3 Å². The quantitative estimate of drug-likeness (QED) is 0.679. The summed E-state index contributed by atoms with van der Waals surface area (Å²) in [6.07, 6.45) is 3.51. The highest BCUT2D eigenvalue weighted by atomic mass is 32.1. The average Bonchev–Trinajstić information content (AvgIpc) is 2.61. The maximum Gasteiger partial charge on any atom is 0.348 e. The average molecular weight is 196 g/mol. The largest absolute Gasteiger partial charge is 0.462 e. The van der Waals surface area contributed by atoms with Gasteiger partial charge in [-0.2, -0.15) is 0 Å². The third-order valence-electron chi connectivity index (χ3n) is 2.22. The van der Waals surface area contributed by atoms with Crippen molar-refractivity contribution in [3.8, 4) is 0 Å². The number of ether oxygens (including phenoxy) is 1. The van der Waals surface area contributed by atoms with Crippen LogP contribution in [0.2, 0.25) is 0 Å². The van der Waals surface area contributed by atoms with Crippen LogP contribution in [-0.2, 0) is 17.6 Å². The molecule has 0 saturated heterocycles. The van der Waals surface area contributed by atoms with Crippen molar-refractivity contribution in [3.05, 3.63) is 21.4 Å². The molecule has 2 nitrogen and oxygen atoms in total. The van der Waals surface area contributed by atoms with E-state index < -0.39 is 0 Å². The van der Waals surface area contributed by atoms with Gasteiger partial charge in [-0.05, 0) is 37.8 Å². The van der Waals surface area contributed by atoms with E-state index in [0.29, 0.717) is 6.61 Å². The number of hydrogen-bond donors (Lipinski definition) is 0. The van der Waals surface area contributed by atoms with Crippen LogP contribution < -0.4 is 0 Å². The minimum atomic E-state index is -0.165. The van der Waals surface area contributed by atoms with Gasteiger partial charge in [0.05, 0.1) is 6.61 Å². The Labute approximate surface area is 81.5 Å². The van der Waals surface area contributed by atoms with Crippen LogP contribution in [0.1, 0.15) is 33.5 Å². The Bertz CT molecular complexity index is 306. The van der Waals surface area contributed by atoms with Gasteiger partial charge < -0.3 is 4.74 Å². The lowest BCUT2D eigenvalue weighted by Gasteiger charge is -1.96. The van der Waals surface area contributed by atoms with E-state index in [1.54, 1.807) is 11.3 Å². The number of esters is 1. The van der Waals surface area contributed by atoms with E-state index in [2.05, 4.69) is 0 Å². The molecule has 0 radical (unpaired) electrons. The van der Waals surface area contributed by atoms with Crippen molar-refractivity contribution in [2.45, 2.75) is 26.2 Å². The normalized spacial score (nSPS) is 14.2. The lowest BCUT2D eigenvalue weighted by Crippen LogP contribution is -2.01. The van der Waals surface area contributed by atoms with Gasteiger partial charge in [0.25, 0.3) is 0 Å². The molecule has 1 aliphatic carbocycles. The Morgan fingerprint density at radius 1 is 1.62 bits per heavy atom. The van der Waals surface area contributed by atoms with Crippen LogP contribution in [0.5, 0.6) is 0 Å². The van der Waals surface area contributed by atoms with Gasteiger partial charge in [-0.3, -0.25) is 0 Å². The summed E-state index contributed by atoms with van der Waals surface area (Å²) in [4.78, 5) is 13.5. The van der Waals surface area contributed by atoms with E-state index in [1.165, 1.54) is 16.9 Å². The second kappa shape index (κ2) is 3.50. The summed E-state index contributed by atoms with van der Waals surface area (Å²) in [5, 5.41) is 0. The second-order valence-corrected chi connectivity index (χ2v) is 4.27. The van der Waals surface area contributed by atoms with Gasteiger partial charge in [0.15, 0.2) is 0 Å². The number of carbonyl (C=O) groups excluding carboxylic acids is 1. The van der Waals surface area contributed by atoms with Crippen LogP contribution in [0.4, 0.5) is 0 Å². The number of hydrogen-bond acceptors (Lipinski definition) is 3. The van der Waals surface area contributed by atoms with E-state index in [-0.39, 0.29) is 5.97 Å². The smallest absolute Gasteiger partial charge is 0.348 e. The molecular formula is C10H12O2S. The fraction of sp³-hybridized carbons (Fsp3) is 0.500. The van der Waals surface area contributed by atoms with Gasteiger partial charge in [0.2, 0.25) is 0 Å².